The minimum atomic E-state index is -0.854. The zero-order valence-corrected chi connectivity index (χ0v) is 24.4. The number of hydrogen-bond acceptors (Lipinski definition) is 7. The van der Waals surface area contributed by atoms with E-state index in [-0.39, 0.29) is 23.2 Å². The van der Waals surface area contributed by atoms with E-state index < -0.39 is 12.0 Å². The average molecular weight is 565 g/mol. The van der Waals surface area contributed by atoms with Crippen LogP contribution >= 0.6 is 12.2 Å². The van der Waals surface area contributed by atoms with Crippen molar-refractivity contribution in [1.82, 2.24) is 10.2 Å². The molecular formula is C31H36N2O6S. The summed E-state index contributed by atoms with van der Waals surface area (Å²) in [5.74, 6) is 0.864. The zero-order chi connectivity index (χ0) is 29.2. The summed E-state index contributed by atoms with van der Waals surface area (Å²) in [5.41, 5.74) is 2.66. The highest BCUT2D eigenvalue weighted by Crippen LogP contribution is 2.39. The summed E-state index contributed by atoms with van der Waals surface area (Å²) in [6.07, 6.45) is 3.43. The lowest BCUT2D eigenvalue weighted by Crippen LogP contribution is -2.51. The maximum absolute atomic E-state index is 14.0. The fraction of sp³-hybridized carbons (Fsp3) is 0.323. The molecule has 1 atom stereocenters. The first kappa shape index (κ1) is 30.4. The summed E-state index contributed by atoms with van der Waals surface area (Å²) in [6.45, 7) is 14.0. The fourth-order valence-corrected chi connectivity index (χ4v) is 4.63. The predicted octanol–water partition coefficient (Wildman–Crippen LogP) is 5.75. The van der Waals surface area contributed by atoms with Gasteiger partial charge in [-0.05, 0) is 88.3 Å². The van der Waals surface area contributed by atoms with Crippen LogP contribution in [0.3, 0.4) is 0 Å². The lowest BCUT2D eigenvalue weighted by molar-refractivity contribution is -0.139. The van der Waals surface area contributed by atoms with Crippen molar-refractivity contribution >= 4 is 35.3 Å². The first-order valence-corrected chi connectivity index (χ1v) is 13.6. The standard InChI is InChI=1S/C31H36N2O6S/c1-7-17-39-24-14-11-22(12-15-24)18-20(5)29(34)33-28(27(30(35)38-10-4)21(6)32-31(33)40)23-13-16-25(36-8-2)26(19-23)37-9-3/h7,11-16,18-19,28H,1,8-10,17H2,2-6H3,(H,32,40)/b20-18+. The minimum absolute atomic E-state index is 0.174. The molecule has 2 aromatic rings. The summed E-state index contributed by atoms with van der Waals surface area (Å²) in [5, 5.41) is 3.20. The Hall–Kier alpha value is -4.11. The Morgan fingerprint density at radius 2 is 1.68 bits per heavy atom. The predicted molar refractivity (Wildman–Crippen MR) is 159 cm³/mol. The Bertz CT molecular complexity index is 1320. The van der Waals surface area contributed by atoms with Crippen molar-refractivity contribution in [1.29, 1.82) is 0 Å². The highest BCUT2D eigenvalue weighted by atomic mass is 32.1. The third kappa shape index (κ3) is 7.09. The van der Waals surface area contributed by atoms with Gasteiger partial charge in [0.15, 0.2) is 16.6 Å². The van der Waals surface area contributed by atoms with E-state index in [4.69, 9.17) is 31.2 Å². The number of hydrogen-bond donors (Lipinski definition) is 1. The van der Waals surface area contributed by atoms with E-state index in [0.29, 0.717) is 53.9 Å². The summed E-state index contributed by atoms with van der Waals surface area (Å²) in [7, 11) is 0. The van der Waals surface area contributed by atoms with Crippen LogP contribution in [0.1, 0.15) is 51.8 Å². The van der Waals surface area contributed by atoms with Crippen molar-refractivity contribution in [3.05, 3.63) is 83.1 Å². The van der Waals surface area contributed by atoms with Crippen LogP contribution in [0.5, 0.6) is 17.2 Å². The van der Waals surface area contributed by atoms with Gasteiger partial charge in [-0.25, -0.2) is 4.79 Å². The number of nitrogens with zero attached hydrogens (tertiary/aromatic N) is 1. The van der Waals surface area contributed by atoms with Crippen LogP contribution in [0.2, 0.25) is 0 Å². The Balaban J connectivity index is 2.09. The molecule has 0 radical (unpaired) electrons. The third-order valence-electron chi connectivity index (χ3n) is 6.01. The Morgan fingerprint density at radius 3 is 2.30 bits per heavy atom. The van der Waals surface area contributed by atoms with Crippen molar-refractivity contribution in [2.75, 3.05) is 26.4 Å². The molecule has 1 aliphatic rings. The first-order chi connectivity index (χ1) is 19.2. The maximum atomic E-state index is 14.0. The van der Waals surface area contributed by atoms with Gasteiger partial charge in [0.05, 0.1) is 31.4 Å². The molecule has 0 fully saturated rings. The highest BCUT2D eigenvalue weighted by Gasteiger charge is 2.40. The molecule has 1 aliphatic heterocycles. The monoisotopic (exact) mass is 564 g/mol. The van der Waals surface area contributed by atoms with Crippen LogP contribution in [-0.2, 0) is 14.3 Å². The maximum Gasteiger partial charge on any atom is 0.338 e. The molecule has 0 aliphatic carbocycles. The lowest BCUT2D eigenvalue weighted by Gasteiger charge is -2.38. The van der Waals surface area contributed by atoms with Gasteiger partial charge >= 0.3 is 5.97 Å². The second-order valence-corrected chi connectivity index (χ2v) is 9.22. The zero-order valence-electron chi connectivity index (χ0n) is 23.6. The van der Waals surface area contributed by atoms with Gasteiger partial charge in [-0.15, -0.1) is 0 Å². The normalized spacial score (nSPS) is 15.3. The number of carbonyl (C=O) groups is 2. The molecule has 2 aromatic carbocycles. The minimum Gasteiger partial charge on any atom is -0.490 e. The summed E-state index contributed by atoms with van der Waals surface area (Å²) in [6, 6.07) is 11.9. The van der Waals surface area contributed by atoms with Crippen LogP contribution in [0, 0.1) is 0 Å². The number of esters is 1. The van der Waals surface area contributed by atoms with Crippen molar-refractivity contribution < 1.29 is 28.5 Å². The topological polar surface area (TPSA) is 86.3 Å². The molecule has 0 saturated carbocycles. The summed E-state index contributed by atoms with van der Waals surface area (Å²) < 4.78 is 22.5. The van der Waals surface area contributed by atoms with E-state index in [1.165, 1.54) is 4.90 Å². The molecule has 1 heterocycles. The molecule has 1 N–H and O–H groups in total. The molecule has 1 unspecified atom stereocenters. The van der Waals surface area contributed by atoms with E-state index in [2.05, 4.69) is 11.9 Å². The Kier molecular flexibility index (Phi) is 10.9. The van der Waals surface area contributed by atoms with Crippen LogP contribution < -0.4 is 19.5 Å². The Labute approximate surface area is 241 Å². The van der Waals surface area contributed by atoms with Gasteiger partial charge in [0.2, 0.25) is 0 Å². The van der Waals surface area contributed by atoms with Crippen molar-refractivity contribution in [2.45, 2.75) is 40.7 Å². The van der Waals surface area contributed by atoms with Crippen LogP contribution in [0.25, 0.3) is 6.08 Å². The second-order valence-electron chi connectivity index (χ2n) is 8.84. The van der Waals surface area contributed by atoms with E-state index >= 15 is 0 Å². The second kappa shape index (κ2) is 14.3. The molecule has 0 spiro atoms. The first-order valence-electron chi connectivity index (χ1n) is 13.2. The molecule has 3 rings (SSSR count). The van der Waals surface area contributed by atoms with E-state index in [1.54, 1.807) is 51.1 Å². The smallest absolute Gasteiger partial charge is 0.338 e. The number of carbonyl (C=O) groups excluding carboxylic acids is 2. The lowest BCUT2D eigenvalue weighted by atomic mass is 9.92. The van der Waals surface area contributed by atoms with Crippen molar-refractivity contribution in [3.8, 4) is 17.2 Å². The SMILES string of the molecule is C=CCOc1ccc(/C=C(\C)C(=O)N2C(=S)NC(C)=C(C(=O)OCC)C2c2ccc(OCC)c(OCC)c2)cc1. The van der Waals surface area contributed by atoms with E-state index in [9.17, 15) is 9.59 Å². The number of nitrogens with one attached hydrogen (secondary N) is 1. The van der Waals surface area contributed by atoms with E-state index in [0.717, 1.165) is 5.56 Å². The summed E-state index contributed by atoms with van der Waals surface area (Å²) in [4.78, 5) is 28.6. The molecule has 0 bridgehead atoms. The van der Waals surface area contributed by atoms with Crippen LogP contribution in [0.4, 0.5) is 0 Å². The van der Waals surface area contributed by atoms with Gasteiger partial charge in [-0.1, -0.05) is 30.9 Å². The number of benzene rings is 2. The molecule has 0 aromatic heterocycles. The number of ether oxygens (including phenoxy) is 4. The van der Waals surface area contributed by atoms with Crippen LogP contribution in [-0.4, -0.2) is 48.3 Å². The van der Waals surface area contributed by atoms with Crippen molar-refractivity contribution in [2.24, 2.45) is 0 Å². The fourth-order valence-electron chi connectivity index (χ4n) is 4.29. The van der Waals surface area contributed by atoms with Crippen molar-refractivity contribution in [3.63, 3.8) is 0 Å². The number of rotatable bonds is 12. The molecular weight excluding hydrogens is 528 g/mol. The Morgan fingerprint density at radius 1 is 1.00 bits per heavy atom. The molecule has 40 heavy (non-hydrogen) atoms. The summed E-state index contributed by atoms with van der Waals surface area (Å²) >= 11 is 5.65. The number of thiocarbonyl (C=S) groups is 1. The average Bonchev–Trinajstić information content (AvgIpc) is 2.93. The third-order valence-corrected chi connectivity index (χ3v) is 6.31. The van der Waals surface area contributed by atoms with Gasteiger partial charge in [0, 0.05) is 11.3 Å². The van der Waals surface area contributed by atoms with Gasteiger partial charge in [0.1, 0.15) is 12.4 Å². The van der Waals surface area contributed by atoms with Gasteiger partial charge < -0.3 is 24.3 Å². The highest BCUT2D eigenvalue weighted by molar-refractivity contribution is 7.80. The molecule has 0 saturated heterocycles. The van der Waals surface area contributed by atoms with Gasteiger partial charge in [0.25, 0.3) is 5.91 Å². The molecule has 8 nitrogen and oxygen atoms in total. The molecule has 212 valence electrons. The van der Waals surface area contributed by atoms with Gasteiger partial charge in [-0.3, -0.25) is 9.69 Å². The molecule has 1 amide bonds. The molecule has 9 heteroatoms. The number of allylic oxidation sites excluding steroid dienone is 1. The number of amides is 1. The largest absolute Gasteiger partial charge is 0.490 e. The van der Waals surface area contributed by atoms with E-state index in [1.807, 2.05) is 38.1 Å². The van der Waals surface area contributed by atoms with Gasteiger partial charge in [-0.2, -0.15) is 0 Å². The quantitative estimate of drug-likeness (QED) is 0.151. The van der Waals surface area contributed by atoms with Crippen LogP contribution in [0.15, 0.2) is 72.0 Å².